The predicted octanol–water partition coefficient (Wildman–Crippen LogP) is 8.06. The standard InChI is InChI=1S/C46H56N2O7/c1-5-18-52-41-30-12-9-13-31(41)23-33-15-11-17-35(43(33)54-20-7-3)25-37-27-38(45(49)48-39-28-40(46(50)51)47-29-39)26-36(44(37)55-21-8-4)24-34-16-10-14-32(22-30)42(34)53-19-6-2/h9-17,26-27,39-40,47H,5-8,18-25,28-29H2,1-4H3,(H,48,49)(H,50,51)/t39-,40-/m0/s1. The summed E-state index contributed by atoms with van der Waals surface area (Å²) in [4.78, 5) is 25.7. The van der Waals surface area contributed by atoms with E-state index in [-0.39, 0.29) is 11.9 Å². The molecular formula is C46H56N2O7. The summed E-state index contributed by atoms with van der Waals surface area (Å²) in [5.41, 5.74) is 8.62. The smallest absolute Gasteiger partial charge is 0.320 e. The van der Waals surface area contributed by atoms with Crippen LogP contribution < -0.4 is 29.6 Å². The number of benzene rings is 4. The van der Waals surface area contributed by atoms with Crippen LogP contribution in [0, 0.1) is 0 Å². The van der Waals surface area contributed by atoms with Crippen molar-refractivity contribution in [3.05, 3.63) is 117 Å². The fraction of sp³-hybridized carbons (Fsp3) is 0.435. The van der Waals surface area contributed by atoms with E-state index in [1.807, 2.05) is 12.1 Å². The van der Waals surface area contributed by atoms with Crippen molar-refractivity contribution in [3.63, 3.8) is 0 Å². The van der Waals surface area contributed by atoms with Gasteiger partial charge in [0.15, 0.2) is 0 Å². The molecule has 4 aromatic carbocycles. The first-order valence-corrected chi connectivity index (χ1v) is 20.1. The molecule has 1 amide bonds. The molecule has 0 radical (unpaired) electrons. The van der Waals surface area contributed by atoms with E-state index in [1.165, 1.54) is 0 Å². The number of aliphatic carboxylic acids is 1. The zero-order valence-electron chi connectivity index (χ0n) is 32.8. The first-order valence-electron chi connectivity index (χ1n) is 20.1. The van der Waals surface area contributed by atoms with Gasteiger partial charge in [-0.3, -0.25) is 9.59 Å². The molecule has 0 aromatic heterocycles. The molecule has 0 saturated carbocycles. The highest BCUT2D eigenvalue weighted by Crippen LogP contribution is 2.39. The number of carboxylic acid groups (broad SMARTS) is 1. The average molecular weight is 749 g/mol. The molecule has 1 heterocycles. The molecule has 2 aliphatic rings. The van der Waals surface area contributed by atoms with Crippen molar-refractivity contribution >= 4 is 11.9 Å². The summed E-state index contributed by atoms with van der Waals surface area (Å²) in [6.07, 6.45) is 5.96. The largest absolute Gasteiger partial charge is 0.493 e. The third kappa shape index (κ3) is 9.62. The molecule has 55 heavy (non-hydrogen) atoms. The monoisotopic (exact) mass is 748 g/mol. The molecule has 2 atom stereocenters. The maximum atomic E-state index is 14.1. The van der Waals surface area contributed by atoms with Gasteiger partial charge in [0.1, 0.15) is 29.0 Å². The van der Waals surface area contributed by atoms with E-state index in [0.717, 1.165) is 93.2 Å². The summed E-state index contributed by atoms with van der Waals surface area (Å²) in [6.45, 7) is 11.1. The number of amides is 1. The summed E-state index contributed by atoms with van der Waals surface area (Å²) in [7, 11) is 0. The van der Waals surface area contributed by atoms with Crippen LogP contribution in [-0.2, 0) is 30.5 Å². The van der Waals surface area contributed by atoms with Crippen molar-refractivity contribution in [2.75, 3.05) is 33.0 Å². The Bertz CT molecular complexity index is 1850. The Kier molecular flexibility index (Phi) is 13.7. The van der Waals surface area contributed by atoms with Gasteiger partial charge in [0.05, 0.1) is 26.4 Å². The van der Waals surface area contributed by atoms with Crippen LogP contribution in [-0.4, -0.2) is 62.0 Å². The molecule has 1 aliphatic heterocycles. The normalized spacial score (nSPS) is 16.3. The van der Waals surface area contributed by atoms with Crippen LogP contribution in [0.25, 0.3) is 0 Å². The van der Waals surface area contributed by atoms with Gasteiger partial charge in [-0.1, -0.05) is 82.3 Å². The Balaban J connectivity index is 1.55. The molecule has 3 N–H and O–H groups in total. The summed E-state index contributed by atoms with van der Waals surface area (Å²) < 4.78 is 26.4. The number of carbonyl (C=O) groups excluding carboxylic acids is 1. The molecule has 1 saturated heterocycles. The van der Waals surface area contributed by atoms with Gasteiger partial charge in [0.2, 0.25) is 0 Å². The van der Waals surface area contributed by atoms with E-state index >= 15 is 0 Å². The van der Waals surface area contributed by atoms with E-state index in [4.69, 9.17) is 18.9 Å². The van der Waals surface area contributed by atoms with E-state index in [9.17, 15) is 14.7 Å². The Morgan fingerprint density at radius 3 is 1.27 bits per heavy atom. The maximum absolute atomic E-state index is 14.1. The molecule has 1 aliphatic carbocycles. The Labute approximate surface area is 325 Å². The summed E-state index contributed by atoms with van der Waals surface area (Å²) in [5, 5.41) is 15.7. The van der Waals surface area contributed by atoms with Gasteiger partial charge in [0, 0.05) is 43.8 Å². The molecule has 6 rings (SSSR count). The van der Waals surface area contributed by atoms with Gasteiger partial charge in [-0.15, -0.1) is 0 Å². The van der Waals surface area contributed by atoms with Gasteiger partial charge >= 0.3 is 5.97 Å². The summed E-state index contributed by atoms with van der Waals surface area (Å²) in [6, 6.07) is 22.0. The quantitative estimate of drug-likeness (QED) is 0.0986. The van der Waals surface area contributed by atoms with Crippen molar-refractivity contribution in [1.82, 2.24) is 10.6 Å². The second-order valence-electron chi connectivity index (χ2n) is 14.6. The maximum Gasteiger partial charge on any atom is 0.320 e. The first kappa shape index (κ1) is 39.7. The Morgan fingerprint density at radius 2 is 0.945 bits per heavy atom. The van der Waals surface area contributed by atoms with Gasteiger partial charge < -0.3 is 34.7 Å². The zero-order chi connectivity index (χ0) is 38.7. The fourth-order valence-electron chi connectivity index (χ4n) is 7.58. The van der Waals surface area contributed by atoms with Crippen LogP contribution in [0.1, 0.15) is 115 Å². The molecule has 292 valence electrons. The van der Waals surface area contributed by atoms with E-state index in [2.05, 4.69) is 92.9 Å². The number of para-hydroxylation sites is 3. The number of rotatable bonds is 15. The van der Waals surface area contributed by atoms with Gasteiger partial charge in [0.25, 0.3) is 5.91 Å². The minimum Gasteiger partial charge on any atom is -0.493 e. The lowest BCUT2D eigenvalue weighted by Gasteiger charge is -2.23. The van der Waals surface area contributed by atoms with Crippen molar-refractivity contribution in [2.45, 2.75) is 97.6 Å². The Morgan fingerprint density at radius 1 is 0.600 bits per heavy atom. The van der Waals surface area contributed by atoms with Crippen LogP contribution in [0.2, 0.25) is 0 Å². The van der Waals surface area contributed by atoms with E-state index < -0.39 is 12.0 Å². The third-order valence-corrected chi connectivity index (χ3v) is 10.1. The highest BCUT2D eigenvalue weighted by atomic mass is 16.5. The highest BCUT2D eigenvalue weighted by Gasteiger charge is 2.31. The third-order valence-electron chi connectivity index (χ3n) is 10.1. The second-order valence-corrected chi connectivity index (χ2v) is 14.6. The lowest BCUT2D eigenvalue weighted by atomic mass is 9.90. The van der Waals surface area contributed by atoms with Crippen LogP contribution >= 0.6 is 0 Å². The number of ether oxygens (including phenoxy) is 4. The van der Waals surface area contributed by atoms with Crippen molar-refractivity contribution in [3.8, 4) is 23.0 Å². The topological polar surface area (TPSA) is 115 Å². The molecule has 9 heteroatoms. The van der Waals surface area contributed by atoms with Crippen LogP contribution in [0.5, 0.6) is 23.0 Å². The predicted molar refractivity (Wildman–Crippen MR) is 215 cm³/mol. The average Bonchev–Trinajstić information content (AvgIpc) is 3.65. The second kappa shape index (κ2) is 19.0. The van der Waals surface area contributed by atoms with Gasteiger partial charge in [-0.05, 0) is 88.7 Å². The minimum atomic E-state index is -0.915. The molecule has 0 spiro atoms. The van der Waals surface area contributed by atoms with Crippen LogP contribution in [0.15, 0.2) is 66.7 Å². The fourth-order valence-corrected chi connectivity index (χ4v) is 7.58. The number of fused-ring (bicyclic) bond motifs is 8. The lowest BCUT2D eigenvalue weighted by molar-refractivity contribution is -0.139. The molecule has 1 fully saturated rings. The number of hydrogen-bond acceptors (Lipinski definition) is 7. The molecule has 9 nitrogen and oxygen atoms in total. The number of carbonyl (C=O) groups is 2. The molecular weight excluding hydrogens is 693 g/mol. The van der Waals surface area contributed by atoms with Crippen molar-refractivity contribution in [1.29, 1.82) is 0 Å². The molecule has 0 unspecified atom stereocenters. The minimum absolute atomic E-state index is 0.248. The van der Waals surface area contributed by atoms with Crippen LogP contribution in [0.4, 0.5) is 0 Å². The highest BCUT2D eigenvalue weighted by molar-refractivity contribution is 5.95. The van der Waals surface area contributed by atoms with E-state index in [1.54, 1.807) is 0 Å². The Hall–Kier alpha value is -5.02. The first-order chi connectivity index (χ1) is 26.8. The number of hydrogen-bond donors (Lipinski definition) is 3. The van der Waals surface area contributed by atoms with Gasteiger partial charge in [-0.25, -0.2) is 0 Å². The SMILES string of the molecule is CCCOc1c2cccc1Cc1cccc(c1OCCC)Cc1cc(C(=O)N[C@@H]3CN[C@H](C(=O)O)C3)cc(c1OCCC)Cc1cccc(c1OCCC)C2. The zero-order valence-corrected chi connectivity index (χ0v) is 32.8. The summed E-state index contributed by atoms with van der Waals surface area (Å²) >= 11 is 0. The van der Waals surface area contributed by atoms with Crippen LogP contribution in [0.3, 0.4) is 0 Å². The number of carboxylic acids is 1. The van der Waals surface area contributed by atoms with Crippen molar-refractivity contribution in [2.24, 2.45) is 0 Å². The van der Waals surface area contributed by atoms with Crippen molar-refractivity contribution < 1.29 is 33.6 Å². The van der Waals surface area contributed by atoms with E-state index in [0.29, 0.717) is 70.6 Å². The molecule has 4 aromatic rings. The van der Waals surface area contributed by atoms with Gasteiger partial charge in [-0.2, -0.15) is 0 Å². The summed E-state index contributed by atoms with van der Waals surface area (Å²) in [5.74, 6) is 2.21. The lowest BCUT2D eigenvalue weighted by Crippen LogP contribution is -2.36. The number of nitrogens with one attached hydrogen (secondary N) is 2. The molecule has 8 bridgehead atoms.